The predicted molar refractivity (Wildman–Crippen MR) is 60.9 cm³/mol. The highest BCUT2D eigenvalue weighted by Crippen LogP contribution is 1.99. The molecule has 0 spiro atoms. The van der Waals surface area contributed by atoms with Gasteiger partial charge in [0.05, 0.1) is 5.56 Å². The number of nitrogens with two attached hydrogens (primary N) is 1. The van der Waals surface area contributed by atoms with Crippen LogP contribution in [0.1, 0.15) is 15.9 Å². The van der Waals surface area contributed by atoms with Crippen molar-refractivity contribution >= 4 is 11.8 Å². The monoisotopic (exact) mass is 230 g/mol. The number of nitrogen functional groups attached to an aromatic ring is 1. The fourth-order valence-corrected chi connectivity index (χ4v) is 1.30. The third kappa shape index (κ3) is 2.57. The fraction of sp³-hybridized carbons (Fsp3) is 0.0833. The largest absolute Gasteiger partial charge is 0.390 e. The number of pyridine rings is 2. The van der Waals surface area contributed by atoms with Crippen molar-refractivity contribution in [3.8, 4) is 0 Å². The molecule has 2 N–H and O–H groups in total. The molecule has 0 unspecified atom stereocenters. The van der Waals surface area contributed by atoms with Gasteiger partial charge in [0, 0.05) is 18.5 Å². The van der Waals surface area contributed by atoms with E-state index in [0.717, 1.165) is 5.56 Å². The Labute approximate surface area is 98.4 Å². The minimum Gasteiger partial charge on any atom is -0.284 e. The molecule has 0 bridgehead atoms. The van der Waals surface area contributed by atoms with Crippen LogP contribution in [0.3, 0.4) is 0 Å². The normalized spacial score (nSPS) is 9.94. The average Bonchev–Trinajstić information content (AvgIpc) is 2.35. The van der Waals surface area contributed by atoms with Gasteiger partial charge in [-0.3, -0.25) is 15.6 Å². The second kappa shape index (κ2) is 4.61. The molecule has 0 fully saturated rings. The summed E-state index contributed by atoms with van der Waals surface area (Å²) in [5.74, 6) is -0.145. The van der Waals surface area contributed by atoms with Gasteiger partial charge in [-0.05, 0) is 35.4 Å². The van der Waals surface area contributed by atoms with E-state index < -0.39 is 5.97 Å². The summed E-state index contributed by atoms with van der Waals surface area (Å²) < 4.78 is 1.24. The average molecular weight is 230 g/mol. The van der Waals surface area contributed by atoms with E-state index in [2.05, 4.69) is 4.98 Å². The molecular weight excluding hydrogens is 218 g/mol. The van der Waals surface area contributed by atoms with Crippen LogP contribution in [0.15, 0.2) is 42.9 Å². The van der Waals surface area contributed by atoms with Gasteiger partial charge in [-0.25, -0.2) is 4.79 Å². The second-order valence-electron chi connectivity index (χ2n) is 3.58. The molecule has 0 aliphatic rings. The maximum absolute atomic E-state index is 11.7. The summed E-state index contributed by atoms with van der Waals surface area (Å²) >= 11 is 0. The zero-order valence-electron chi connectivity index (χ0n) is 9.33. The molecule has 2 aromatic heterocycles. The molecule has 2 heterocycles. The highest BCUT2D eigenvalue weighted by Gasteiger charge is 2.14. The predicted octanol–water partition coefficient (Wildman–Crippen LogP) is 0.529. The number of anilines is 1. The van der Waals surface area contributed by atoms with Gasteiger partial charge in [0.25, 0.3) is 0 Å². The summed E-state index contributed by atoms with van der Waals surface area (Å²) in [6.45, 7) is 1.88. The molecule has 2 rings (SSSR count). The summed E-state index contributed by atoms with van der Waals surface area (Å²) in [4.78, 5) is 20.7. The number of rotatable bonds is 2. The van der Waals surface area contributed by atoms with Crippen LogP contribution in [-0.4, -0.2) is 11.0 Å². The summed E-state index contributed by atoms with van der Waals surface area (Å²) in [7, 11) is 0. The van der Waals surface area contributed by atoms with Crippen molar-refractivity contribution in [3.05, 3.63) is 54.0 Å². The minimum atomic E-state index is -0.500. The molecule has 0 aliphatic carbocycles. The lowest BCUT2D eigenvalue weighted by molar-refractivity contribution is -0.856. The van der Waals surface area contributed by atoms with Crippen LogP contribution in [0, 0.1) is 6.92 Å². The van der Waals surface area contributed by atoms with E-state index in [0.29, 0.717) is 11.4 Å². The number of hydrogen-bond donors (Lipinski definition) is 1. The maximum Gasteiger partial charge on any atom is 0.390 e. The highest BCUT2D eigenvalue weighted by molar-refractivity contribution is 5.88. The van der Waals surface area contributed by atoms with E-state index in [4.69, 9.17) is 10.6 Å². The van der Waals surface area contributed by atoms with Gasteiger partial charge < -0.3 is 0 Å². The third-order valence-electron chi connectivity index (χ3n) is 2.17. The van der Waals surface area contributed by atoms with Gasteiger partial charge in [-0.1, -0.05) is 0 Å². The molecule has 86 valence electrons. The van der Waals surface area contributed by atoms with Crippen molar-refractivity contribution in [2.45, 2.75) is 6.92 Å². The van der Waals surface area contributed by atoms with Crippen molar-refractivity contribution in [2.24, 2.45) is 0 Å². The Kier molecular flexibility index (Phi) is 3.00. The lowest BCUT2D eigenvalue weighted by atomic mass is 10.3. The van der Waals surface area contributed by atoms with Crippen LogP contribution in [0.4, 0.5) is 5.82 Å². The summed E-state index contributed by atoms with van der Waals surface area (Å²) in [5, 5.41) is 0. The van der Waals surface area contributed by atoms with Gasteiger partial charge in [-0.2, -0.15) is 0 Å². The van der Waals surface area contributed by atoms with Gasteiger partial charge >= 0.3 is 11.8 Å². The van der Waals surface area contributed by atoms with E-state index in [-0.39, 0.29) is 0 Å². The van der Waals surface area contributed by atoms with Crippen LogP contribution in [-0.2, 0) is 0 Å². The first-order chi connectivity index (χ1) is 8.16. The Hall–Kier alpha value is -2.43. The molecule has 2 aromatic rings. The molecule has 0 aromatic carbocycles. The molecule has 0 amide bonds. The second-order valence-corrected chi connectivity index (χ2v) is 3.58. The molecule has 17 heavy (non-hydrogen) atoms. The molecule has 0 atom stereocenters. The van der Waals surface area contributed by atoms with Crippen LogP contribution in [0.2, 0.25) is 0 Å². The van der Waals surface area contributed by atoms with Crippen molar-refractivity contribution in [3.63, 3.8) is 0 Å². The smallest absolute Gasteiger partial charge is 0.284 e. The fourth-order valence-electron chi connectivity index (χ4n) is 1.30. The highest BCUT2D eigenvalue weighted by atomic mass is 16.7. The maximum atomic E-state index is 11.7. The molecule has 5 nitrogen and oxygen atoms in total. The number of carbonyl (C=O) groups is 1. The molecule has 0 aliphatic heterocycles. The van der Waals surface area contributed by atoms with Crippen LogP contribution in [0.5, 0.6) is 0 Å². The van der Waals surface area contributed by atoms with E-state index >= 15 is 0 Å². The van der Waals surface area contributed by atoms with Crippen LogP contribution < -0.4 is 15.3 Å². The summed E-state index contributed by atoms with van der Waals surface area (Å²) in [6.07, 6.45) is 4.67. The first kappa shape index (κ1) is 11.1. The molecule has 0 saturated carbocycles. The number of hydrogen-bond acceptors (Lipinski definition) is 4. The number of aromatic nitrogens is 2. The Morgan fingerprint density at radius 3 is 2.94 bits per heavy atom. The zero-order valence-corrected chi connectivity index (χ0v) is 9.33. The van der Waals surface area contributed by atoms with Crippen LogP contribution in [0.25, 0.3) is 0 Å². The van der Waals surface area contributed by atoms with Gasteiger partial charge in [-0.15, -0.1) is 0 Å². The van der Waals surface area contributed by atoms with Crippen LogP contribution >= 0.6 is 0 Å². The summed E-state index contributed by atoms with van der Waals surface area (Å²) in [5.41, 5.74) is 7.00. The number of aryl methyl sites for hydroxylation is 1. The van der Waals surface area contributed by atoms with E-state index in [1.54, 1.807) is 30.6 Å². The number of nitrogens with zero attached hydrogens (tertiary/aromatic N) is 2. The van der Waals surface area contributed by atoms with Crippen molar-refractivity contribution in [2.75, 3.05) is 5.73 Å². The van der Waals surface area contributed by atoms with Crippen molar-refractivity contribution in [1.82, 2.24) is 4.98 Å². The first-order valence-corrected chi connectivity index (χ1v) is 5.07. The Balaban J connectivity index is 2.22. The lowest BCUT2D eigenvalue weighted by Crippen LogP contribution is -2.48. The van der Waals surface area contributed by atoms with E-state index in [1.807, 2.05) is 13.0 Å². The quantitative estimate of drug-likeness (QED) is 0.764. The topological polar surface area (TPSA) is 69.1 Å². The number of carbonyl (C=O) groups excluding carboxylic acids is 1. The molecular formula is C12H12N3O2+. The lowest BCUT2D eigenvalue weighted by Gasteiger charge is -2.03. The minimum absolute atomic E-state index is 0.354. The zero-order chi connectivity index (χ0) is 12.3. The first-order valence-electron chi connectivity index (χ1n) is 5.07. The van der Waals surface area contributed by atoms with Crippen molar-refractivity contribution in [1.29, 1.82) is 0 Å². The Morgan fingerprint density at radius 2 is 2.24 bits per heavy atom. The van der Waals surface area contributed by atoms with Crippen molar-refractivity contribution < 1.29 is 14.4 Å². The van der Waals surface area contributed by atoms with Gasteiger partial charge in [0.1, 0.15) is 6.20 Å². The summed E-state index contributed by atoms with van der Waals surface area (Å²) in [6, 6.07) is 6.80. The Morgan fingerprint density at radius 1 is 1.41 bits per heavy atom. The van der Waals surface area contributed by atoms with Gasteiger partial charge in [0.2, 0.25) is 0 Å². The van der Waals surface area contributed by atoms with E-state index in [9.17, 15) is 4.79 Å². The van der Waals surface area contributed by atoms with E-state index in [1.165, 1.54) is 10.9 Å². The molecule has 0 radical (unpaired) electrons. The third-order valence-corrected chi connectivity index (χ3v) is 2.17. The molecule has 5 heteroatoms. The van der Waals surface area contributed by atoms with Gasteiger partial charge in [0.15, 0.2) is 0 Å². The standard InChI is InChI=1S/C12H11N3O2/c1-9-4-5-11(13)15(8-9)17-12(16)10-3-2-6-14-7-10/h2-8,13H,1H3/p+1. The SMILES string of the molecule is Cc1ccc(N)[n+](OC(=O)c2cccnc2)c1. The Bertz CT molecular complexity index is 541. The molecule has 0 saturated heterocycles.